The second-order valence-corrected chi connectivity index (χ2v) is 21.0. The summed E-state index contributed by atoms with van der Waals surface area (Å²) in [5, 5.41) is 0. The van der Waals surface area contributed by atoms with Gasteiger partial charge in [0.05, 0.1) is 19.8 Å². The van der Waals surface area contributed by atoms with Gasteiger partial charge in [-0.3, -0.25) is 13.8 Å². The number of esters is 1. The first-order chi connectivity index (χ1) is 32.4. The zero-order chi connectivity index (χ0) is 48.0. The summed E-state index contributed by atoms with van der Waals surface area (Å²) in [6, 6.07) is 0. The first kappa shape index (κ1) is 65.0. The molecule has 0 saturated carbocycles. The maximum atomic E-state index is 12.7. The maximum absolute atomic E-state index is 12.7. The summed E-state index contributed by atoms with van der Waals surface area (Å²) in [5.41, 5.74) is 5.40. The van der Waals surface area contributed by atoms with Crippen LogP contribution in [0.4, 0.5) is 0 Å². The lowest BCUT2D eigenvalue weighted by Crippen LogP contribution is -2.28. The van der Waals surface area contributed by atoms with Gasteiger partial charge < -0.3 is 20.1 Å². The molecule has 0 saturated heterocycles. The Labute approximate surface area is 410 Å². The Balaban J connectivity index is 3.85. The predicted octanol–water partition coefficient (Wildman–Crippen LogP) is 18.3. The fourth-order valence-corrected chi connectivity index (χ4v) is 9.34. The lowest BCUT2D eigenvalue weighted by Gasteiger charge is -2.20. The molecule has 0 radical (unpaired) electrons. The highest BCUT2D eigenvalue weighted by Gasteiger charge is 2.25. The van der Waals surface area contributed by atoms with Gasteiger partial charge in [0.15, 0.2) is 0 Å². The van der Waals surface area contributed by atoms with Crippen molar-refractivity contribution in [2.24, 2.45) is 5.73 Å². The fourth-order valence-electron chi connectivity index (χ4n) is 8.58. The minimum absolute atomic E-state index is 0.0933. The number of hydrogen-bond donors (Lipinski definition) is 2. The predicted molar refractivity (Wildman–Crippen MR) is 284 cm³/mol. The normalized spacial score (nSPS) is 13.3. The van der Waals surface area contributed by atoms with Crippen LogP contribution in [0.3, 0.4) is 0 Å². The van der Waals surface area contributed by atoms with Gasteiger partial charge in [0.2, 0.25) is 0 Å². The molecule has 0 bridgehead atoms. The van der Waals surface area contributed by atoms with Crippen molar-refractivity contribution < 1.29 is 32.8 Å². The van der Waals surface area contributed by atoms with Crippen LogP contribution in [0.2, 0.25) is 0 Å². The van der Waals surface area contributed by atoms with Crippen molar-refractivity contribution >= 4 is 13.8 Å². The van der Waals surface area contributed by atoms with Crippen molar-refractivity contribution in [2.45, 2.75) is 302 Å². The Hall–Kier alpha value is -1.02. The number of rotatable bonds is 56. The second kappa shape index (κ2) is 54.9. The Morgan fingerprint density at radius 1 is 0.439 bits per heavy atom. The minimum Gasteiger partial charge on any atom is -0.457 e. The molecule has 3 N–H and O–H groups in total. The summed E-state index contributed by atoms with van der Waals surface area (Å²) in [7, 11) is -4.28. The molecule has 8 nitrogen and oxygen atoms in total. The maximum Gasteiger partial charge on any atom is 0.472 e. The molecular formula is C57H112NO7P. The molecule has 0 heterocycles. The third kappa shape index (κ3) is 53.9. The smallest absolute Gasteiger partial charge is 0.457 e. The van der Waals surface area contributed by atoms with Crippen LogP contribution < -0.4 is 5.73 Å². The molecule has 66 heavy (non-hydrogen) atoms. The van der Waals surface area contributed by atoms with Gasteiger partial charge in [0.1, 0.15) is 6.10 Å². The number of ether oxygens (including phenoxy) is 2. The molecular weight excluding hydrogens is 842 g/mol. The molecule has 0 amide bonds. The molecule has 2 atom stereocenters. The molecule has 0 aromatic heterocycles. The number of hydrogen-bond acceptors (Lipinski definition) is 7. The highest BCUT2D eigenvalue weighted by Crippen LogP contribution is 2.43. The standard InChI is InChI=1S/C57H112NO7P/c1-3-5-7-9-11-13-15-17-19-21-23-25-27-28-29-30-32-34-36-38-40-42-44-46-48-50-57(59)65-56(55-64-66(60,61)63-53-51-58)54-62-52-49-47-45-43-41-39-37-35-33-31-26-24-22-20-18-16-14-12-10-8-6-4-2/h21-24,56H,3-20,25-55,58H2,1-2H3,(H,60,61)/b23-21-,24-22-. The van der Waals surface area contributed by atoms with E-state index < -0.39 is 13.9 Å². The molecule has 0 fully saturated rings. The third-order valence-corrected chi connectivity index (χ3v) is 13.8. The van der Waals surface area contributed by atoms with Crippen LogP contribution in [0.15, 0.2) is 24.3 Å². The van der Waals surface area contributed by atoms with Gasteiger partial charge in [-0.1, -0.05) is 250 Å². The van der Waals surface area contributed by atoms with Gasteiger partial charge in [-0.25, -0.2) is 4.57 Å². The van der Waals surface area contributed by atoms with Gasteiger partial charge in [-0.2, -0.15) is 0 Å². The highest BCUT2D eigenvalue weighted by molar-refractivity contribution is 7.47. The van der Waals surface area contributed by atoms with E-state index in [1.54, 1.807) is 0 Å². The van der Waals surface area contributed by atoms with Crippen molar-refractivity contribution in [2.75, 3.05) is 33.0 Å². The van der Waals surface area contributed by atoms with E-state index in [9.17, 15) is 14.3 Å². The molecule has 0 rings (SSSR count). The molecule has 0 aliphatic carbocycles. The van der Waals surface area contributed by atoms with Crippen LogP contribution in [0, 0.1) is 0 Å². The van der Waals surface area contributed by atoms with Gasteiger partial charge in [-0.05, 0) is 64.2 Å². The molecule has 2 unspecified atom stereocenters. The van der Waals surface area contributed by atoms with Crippen LogP contribution in [0.5, 0.6) is 0 Å². The number of phosphoric acid groups is 1. The lowest BCUT2D eigenvalue weighted by atomic mass is 10.0. The van der Waals surface area contributed by atoms with Crippen LogP contribution >= 0.6 is 7.82 Å². The summed E-state index contributed by atoms with van der Waals surface area (Å²) in [6.45, 7) is 4.99. The number of phosphoric ester groups is 1. The zero-order valence-corrected chi connectivity index (χ0v) is 44.9. The summed E-state index contributed by atoms with van der Waals surface area (Å²) in [4.78, 5) is 22.7. The van der Waals surface area contributed by atoms with Crippen LogP contribution in [0.25, 0.3) is 0 Å². The first-order valence-electron chi connectivity index (χ1n) is 28.8. The van der Waals surface area contributed by atoms with E-state index in [4.69, 9.17) is 24.3 Å². The molecule has 0 aromatic carbocycles. The van der Waals surface area contributed by atoms with E-state index in [0.717, 1.165) is 32.1 Å². The van der Waals surface area contributed by atoms with Crippen LogP contribution in [0.1, 0.15) is 296 Å². The minimum atomic E-state index is -4.28. The Bertz CT molecular complexity index is 1070. The second-order valence-electron chi connectivity index (χ2n) is 19.5. The topological polar surface area (TPSA) is 117 Å². The van der Waals surface area contributed by atoms with E-state index in [1.165, 1.54) is 244 Å². The summed E-state index contributed by atoms with van der Waals surface area (Å²) < 4.78 is 33.7. The molecule has 0 spiro atoms. The van der Waals surface area contributed by atoms with Crippen molar-refractivity contribution in [3.8, 4) is 0 Å². The zero-order valence-electron chi connectivity index (χ0n) is 44.0. The first-order valence-corrected chi connectivity index (χ1v) is 30.3. The summed E-state index contributed by atoms with van der Waals surface area (Å²) >= 11 is 0. The fraction of sp³-hybridized carbons (Fsp3) is 0.912. The Kier molecular flexibility index (Phi) is 54.1. The Morgan fingerprint density at radius 2 is 0.758 bits per heavy atom. The summed E-state index contributed by atoms with van der Waals surface area (Å²) in [6.07, 6.45) is 65.2. The summed E-state index contributed by atoms with van der Waals surface area (Å²) in [5.74, 6) is -0.324. The highest BCUT2D eigenvalue weighted by atomic mass is 31.2. The van der Waals surface area contributed by atoms with Gasteiger partial charge in [0, 0.05) is 19.6 Å². The number of carbonyl (C=O) groups excluding carboxylic acids is 1. The van der Waals surface area contributed by atoms with Gasteiger partial charge in [0.25, 0.3) is 0 Å². The average Bonchev–Trinajstić information content (AvgIpc) is 3.31. The molecule has 0 aliphatic heterocycles. The molecule has 0 aliphatic rings. The van der Waals surface area contributed by atoms with Crippen LogP contribution in [-0.2, 0) is 27.9 Å². The monoisotopic (exact) mass is 954 g/mol. The molecule has 9 heteroatoms. The lowest BCUT2D eigenvalue weighted by molar-refractivity contribution is -0.154. The number of allylic oxidation sites excluding steroid dienone is 4. The third-order valence-electron chi connectivity index (χ3n) is 12.8. The van der Waals surface area contributed by atoms with E-state index in [1.807, 2.05) is 0 Å². The average molecular weight is 954 g/mol. The molecule has 392 valence electrons. The largest absolute Gasteiger partial charge is 0.472 e. The van der Waals surface area contributed by atoms with E-state index in [2.05, 4.69) is 38.2 Å². The van der Waals surface area contributed by atoms with Crippen molar-refractivity contribution in [3.05, 3.63) is 24.3 Å². The Morgan fingerprint density at radius 3 is 1.11 bits per heavy atom. The van der Waals surface area contributed by atoms with Crippen molar-refractivity contribution in [1.82, 2.24) is 0 Å². The van der Waals surface area contributed by atoms with E-state index in [0.29, 0.717) is 13.0 Å². The van der Waals surface area contributed by atoms with Crippen LogP contribution in [-0.4, -0.2) is 49.9 Å². The van der Waals surface area contributed by atoms with Gasteiger partial charge >= 0.3 is 13.8 Å². The number of nitrogens with two attached hydrogens (primary N) is 1. The molecule has 0 aromatic rings. The van der Waals surface area contributed by atoms with Gasteiger partial charge in [-0.15, -0.1) is 0 Å². The SMILES string of the molecule is CCCCCCCCCC/C=C\CCCCCCCCCCCCCCCC(=O)OC(COCCCCCCCCCCCC/C=C\CCCCCCCCCC)COP(=O)(O)OCCN. The number of unbranched alkanes of at least 4 members (excludes halogenated alkanes) is 39. The van der Waals surface area contributed by atoms with Crippen molar-refractivity contribution in [1.29, 1.82) is 0 Å². The van der Waals surface area contributed by atoms with E-state index in [-0.39, 0.29) is 32.3 Å². The quantitative estimate of drug-likeness (QED) is 0.0268. The van der Waals surface area contributed by atoms with Crippen molar-refractivity contribution in [3.63, 3.8) is 0 Å². The number of carbonyl (C=O) groups is 1. The van der Waals surface area contributed by atoms with E-state index >= 15 is 0 Å².